The van der Waals surface area contributed by atoms with E-state index in [4.69, 9.17) is 9.47 Å². The Morgan fingerprint density at radius 1 is 1.00 bits per heavy atom. The first kappa shape index (κ1) is 26.0. The summed E-state index contributed by atoms with van der Waals surface area (Å²) in [7, 11) is 0. The largest absolute Gasteiger partial charge is 0.492 e. The number of rotatable bonds is 9. The molecule has 1 aliphatic heterocycles. The monoisotopic (exact) mass is 491 g/mol. The summed E-state index contributed by atoms with van der Waals surface area (Å²) in [5, 5.41) is 28.8. The average Bonchev–Trinajstić information content (AvgIpc) is 3.18. The highest BCUT2D eigenvalue weighted by molar-refractivity contribution is 8.04. The zero-order chi connectivity index (χ0) is 25.7. The predicted molar refractivity (Wildman–Crippen MR) is 136 cm³/mol. The molecule has 0 fully saturated rings. The van der Waals surface area contributed by atoms with Crippen molar-refractivity contribution in [3.05, 3.63) is 63.7 Å². The van der Waals surface area contributed by atoms with Crippen LogP contribution in [0.5, 0.6) is 11.5 Å². The van der Waals surface area contributed by atoms with Crippen molar-refractivity contribution in [2.75, 3.05) is 18.1 Å². The smallest absolute Gasteiger partial charge is 0.344 e. The van der Waals surface area contributed by atoms with E-state index in [1.54, 1.807) is 31.2 Å². The number of thioether (sulfide) groups is 1. The van der Waals surface area contributed by atoms with Gasteiger partial charge in [0.05, 0.1) is 24.3 Å². The minimum absolute atomic E-state index is 0.215. The molecule has 0 aliphatic carbocycles. The lowest BCUT2D eigenvalue weighted by molar-refractivity contribution is -0.131. The number of carboxylic acids is 1. The van der Waals surface area contributed by atoms with Crippen LogP contribution in [0.2, 0.25) is 0 Å². The number of nitriles is 2. The number of carboxylic acid groups (broad SMARTS) is 1. The number of hydrogen-bond donors (Lipinski definition) is 1. The molecule has 1 heterocycles. The van der Waals surface area contributed by atoms with E-state index >= 15 is 0 Å². The van der Waals surface area contributed by atoms with Crippen LogP contribution >= 0.6 is 11.8 Å². The summed E-state index contributed by atoms with van der Waals surface area (Å²) in [5.74, 6) is 0.599. The van der Waals surface area contributed by atoms with Gasteiger partial charge in [-0.15, -0.1) is 0 Å². The van der Waals surface area contributed by atoms with Gasteiger partial charge in [0.2, 0.25) is 0 Å². The van der Waals surface area contributed by atoms with Gasteiger partial charge in [0.25, 0.3) is 0 Å². The quantitative estimate of drug-likeness (QED) is 0.451. The fourth-order valence-corrected chi connectivity index (χ4v) is 4.86. The summed E-state index contributed by atoms with van der Waals surface area (Å²) in [6, 6.07) is 15.0. The number of carbonyl (C=O) groups is 1. The SMILES string of the molecule is CC1=C(C(=O)O)SC(c2ccc(OCC(C)C)c(C#N)c2)N1c1ccc(OCC(C)C)c(C#N)c1. The molecule has 182 valence electrons. The third-order valence-corrected chi connectivity index (χ3v) is 6.68. The maximum atomic E-state index is 12.0. The summed E-state index contributed by atoms with van der Waals surface area (Å²) >= 11 is 1.20. The predicted octanol–water partition coefficient (Wildman–Crippen LogP) is 6.07. The number of ether oxygens (including phenoxy) is 2. The molecule has 7 nitrogen and oxygen atoms in total. The maximum Gasteiger partial charge on any atom is 0.344 e. The van der Waals surface area contributed by atoms with Gasteiger partial charge >= 0.3 is 5.97 Å². The topological polar surface area (TPSA) is 107 Å². The van der Waals surface area contributed by atoms with E-state index in [0.29, 0.717) is 59.1 Å². The maximum absolute atomic E-state index is 12.0. The Morgan fingerprint density at radius 2 is 1.54 bits per heavy atom. The standard InChI is InChI=1S/C27H29N3O4S/c1-16(2)14-33-23-8-6-19(10-20(23)12-28)26-30(18(5)25(35-26)27(31)32)22-7-9-24(21(11-22)13-29)34-15-17(3)4/h6-11,16-17,26H,14-15H2,1-5H3,(H,31,32). The third kappa shape index (κ3) is 5.90. The van der Waals surface area contributed by atoms with Crippen molar-refractivity contribution in [3.63, 3.8) is 0 Å². The van der Waals surface area contributed by atoms with Gasteiger partial charge in [0.1, 0.15) is 33.9 Å². The van der Waals surface area contributed by atoms with Gasteiger partial charge in [-0.1, -0.05) is 45.5 Å². The van der Waals surface area contributed by atoms with Gasteiger partial charge in [0, 0.05) is 11.4 Å². The van der Waals surface area contributed by atoms with Crippen LogP contribution in [0, 0.1) is 34.5 Å². The minimum atomic E-state index is -1.02. The van der Waals surface area contributed by atoms with Gasteiger partial charge in [-0.05, 0) is 54.7 Å². The molecule has 35 heavy (non-hydrogen) atoms. The number of benzene rings is 2. The first-order chi connectivity index (χ1) is 16.7. The normalized spacial score (nSPS) is 15.3. The highest BCUT2D eigenvalue weighted by atomic mass is 32.2. The second kappa shape index (κ2) is 11.2. The first-order valence-electron chi connectivity index (χ1n) is 11.4. The van der Waals surface area contributed by atoms with E-state index in [0.717, 1.165) is 5.56 Å². The van der Waals surface area contributed by atoms with E-state index < -0.39 is 11.3 Å². The Labute approximate surface area is 210 Å². The fraction of sp³-hybridized carbons (Fsp3) is 0.370. The van der Waals surface area contributed by atoms with Crippen LogP contribution in [0.25, 0.3) is 0 Å². The molecule has 0 spiro atoms. The van der Waals surface area contributed by atoms with Crippen molar-refractivity contribution in [1.82, 2.24) is 0 Å². The van der Waals surface area contributed by atoms with Crippen LogP contribution in [0.1, 0.15) is 56.7 Å². The molecule has 1 aliphatic rings. The van der Waals surface area contributed by atoms with Crippen LogP contribution in [-0.2, 0) is 4.79 Å². The molecule has 1 unspecified atom stereocenters. The molecule has 0 bridgehead atoms. The van der Waals surface area contributed by atoms with Gasteiger partial charge in [-0.3, -0.25) is 0 Å². The number of aliphatic carboxylic acids is 1. The number of nitrogens with zero attached hydrogens (tertiary/aromatic N) is 3. The van der Waals surface area contributed by atoms with Crippen LogP contribution in [0.4, 0.5) is 5.69 Å². The first-order valence-corrected chi connectivity index (χ1v) is 12.3. The second-order valence-corrected chi connectivity index (χ2v) is 10.2. The lowest BCUT2D eigenvalue weighted by atomic mass is 10.1. The molecule has 3 rings (SSSR count). The zero-order valence-electron chi connectivity index (χ0n) is 20.5. The molecule has 0 aromatic heterocycles. The van der Waals surface area contributed by atoms with E-state index in [9.17, 15) is 20.4 Å². The number of hydrogen-bond acceptors (Lipinski definition) is 7. The Bertz CT molecular complexity index is 1220. The van der Waals surface area contributed by atoms with Crippen molar-refractivity contribution >= 4 is 23.4 Å². The molecule has 0 radical (unpaired) electrons. The van der Waals surface area contributed by atoms with E-state index in [1.807, 2.05) is 44.7 Å². The van der Waals surface area contributed by atoms with Gasteiger partial charge < -0.3 is 19.5 Å². The summed E-state index contributed by atoms with van der Waals surface area (Å²) in [6.07, 6.45) is 0. The van der Waals surface area contributed by atoms with Crippen LogP contribution < -0.4 is 14.4 Å². The van der Waals surface area contributed by atoms with Crippen LogP contribution in [-0.4, -0.2) is 24.3 Å². The summed E-state index contributed by atoms with van der Waals surface area (Å²) in [4.78, 5) is 14.1. The molecule has 0 saturated heterocycles. The molecule has 2 aromatic rings. The van der Waals surface area contributed by atoms with Crippen molar-refractivity contribution < 1.29 is 19.4 Å². The lowest BCUT2D eigenvalue weighted by Gasteiger charge is -2.29. The average molecular weight is 492 g/mol. The van der Waals surface area contributed by atoms with Crippen LogP contribution in [0.3, 0.4) is 0 Å². The Morgan fingerprint density at radius 3 is 2.06 bits per heavy atom. The molecule has 0 saturated carbocycles. The third-order valence-electron chi connectivity index (χ3n) is 5.26. The van der Waals surface area contributed by atoms with Crippen molar-refractivity contribution in [2.45, 2.75) is 40.0 Å². The zero-order valence-corrected chi connectivity index (χ0v) is 21.3. The summed E-state index contributed by atoms with van der Waals surface area (Å²) in [5.41, 5.74) is 2.76. The molecular weight excluding hydrogens is 462 g/mol. The molecule has 0 amide bonds. The van der Waals surface area contributed by atoms with E-state index in [2.05, 4.69) is 12.1 Å². The lowest BCUT2D eigenvalue weighted by Crippen LogP contribution is -2.21. The van der Waals surface area contributed by atoms with Crippen molar-refractivity contribution in [1.29, 1.82) is 10.5 Å². The van der Waals surface area contributed by atoms with E-state index in [1.165, 1.54) is 11.8 Å². The second-order valence-electron chi connectivity index (χ2n) is 9.13. The molecule has 1 N–H and O–H groups in total. The van der Waals surface area contributed by atoms with Gasteiger partial charge in [-0.2, -0.15) is 10.5 Å². The summed E-state index contributed by atoms with van der Waals surface area (Å²) in [6.45, 7) is 10.8. The number of allylic oxidation sites excluding steroid dienone is 1. The van der Waals surface area contributed by atoms with Crippen LogP contribution in [0.15, 0.2) is 47.0 Å². The molecule has 8 heteroatoms. The molecule has 1 atom stereocenters. The highest BCUT2D eigenvalue weighted by Crippen LogP contribution is 2.50. The molecule has 2 aromatic carbocycles. The van der Waals surface area contributed by atoms with Gasteiger partial charge in [0.15, 0.2) is 0 Å². The highest BCUT2D eigenvalue weighted by Gasteiger charge is 2.36. The fourth-order valence-electron chi connectivity index (χ4n) is 3.59. The Kier molecular flexibility index (Phi) is 8.32. The molecular formula is C27H29N3O4S. The van der Waals surface area contributed by atoms with Crippen molar-refractivity contribution in [3.8, 4) is 23.6 Å². The summed E-state index contributed by atoms with van der Waals surface area (Å²) < 4.78 is 11.6. The van der Waals surface area contributed by atoms with Crippen molar-refractivity contribution in [2.24, 2.45) is 11.8 Å². The Balaban J connectivity index is 2.03. The minimum Gasteiger partial charge on any atom is -0.492 e. The van der Waals surface area contributed by atoms with Gasteiger partial charge in [-0.25, -0.2) is 4.79 Å². The number of anilines is 1. The van der Waals surface area contributed by atoms with E-state index in [-0.39, 0.29) is 4.91 Å². The Hall–Kier alpha value is -3.62.